The Balaban J connectivity index is 1.65. The fourth-order valence-corrected chi connectivity index (χ4v) is 3.33. The van der Waals surface area contributed by atoms with Gasteiger partial charge in [-0.1, -0.05) is 6.07 Å². The second-order valence-electron chi connectivity index (χ2n) is 6.57. The average Bonchev–Trinajstić information content (AvgIpc) is 3.08. The van der Waals surface area contributed by atoms with E-state index in [1.807, 2.05) is 28.8 Å². The number of nitrogens with zero attached hydrogens (tertiary/aromatic N) is 1. The Kier molecular flexibility index (Phi) is 5.18. The van der Waals surface area contributed by atoms with Crippen molar-refractivity contribution in [1.29, 1.82) is 0 Å². The van der Waals surface area contributed by atoms with Crippen molar-refractivity contribution in [3.8, 4) is 5.75 Å². The molecule has 0 amide bonds. The molecule has 0 aliphatic rings. The average molecular weight is 409 g/mol. The zero-order valence-electron chi connectivity index (χ0n) is 16.0. The highest BCUT2D eigenvalue weighted by Gasteiger charge is 2.19. The number of hydrogen-bond acceptors (Lipinski definition) is 4. The minimum atomic E-state index is -1.09. The van der Waals surface area contributed by atoms with Gasteiger partial charge in [0.25, 0.3) is 0 Å². The lowest BCUT2D eigenvalue weighted by Crippen LogP contribution is -2.12. The minimum Gasteiger partial charge on any atom is -0.485 e. The van der Waals surface area contributed by atoms with Gasteiger partial charge in [0.2, 0.25) is 0 Å². The normalized spacial score (nSPS) is 11.0. The lowest BCUT2D eigenvalue weighted by atomic mass is 10.1. The van der Waals surface area contributed by atoms with Crippen molar-refractivity contribution in [2.24, 2.45) is 0 Å². The number of fused-ring (bicyclic) bond motifs is 3. The second kappa shape index (κ2) is 7.94. The summed E-state index contributed by atoms with van der Waals surface area (Å²) in [7, 11) is 0. The molecule has 4 rings (SSSR count). The molecule has 0 N–H and O–H groups in total. The fourth-order valence-electron chi connectivity index (χ4n) is 3.33. The zero-order chi connectivity index (χ0) is 21.3. The van der Waals surface area contributed by atoms with Crippen molar-refractivity contribution >= 4 is 28.2 Å². The standard InChI is InChI=1S/C23H17F2NO4/c1-2-29-23(28)22-16-8-7-15(12-20(16)26-10-4-3-5-19(22)26)30-13-21(27)14-6-9-17(24)18(25)11-14/h3-12H,2,13H2,1H3. The predicted molar refractivity (Wildman–Crippen MR) is 107 cm³/mol. The highest BCUT2D eigenvalue weighted by Crippen LogP contribution is 2.30. The van der Waals surface area contributed by atoms with Gasteiger partial charge in [-0.15, -0.1) is 0 Å². The van der Waals surface area contributed by atoms with E-state index in [0.29, 0.717) is 27.7 Å². The molecule has 0 spiro atoms. The van der Waals surface area contributed by atoms with E-state index in [9.17, 15) is 18.4 Å². The first-order chi connectivity index (χ1) is 14.5. The van der Waals surface area contributed by atoms with E-state index in [0.717, 1.165) is 12.1 Å². The quantitative estimate of drug-likeness (QED) is 0.339. The second-order valence-corrected chi connectivity index (χ2v) is 6.57. The molecule has 30 heavy (non-hydrogen) atoms. The molecule has 0 bridgehead atoms. The first kappa shape index (κ1) is 19.6. The summed E-state index contributed by atoms with van der Waals surface area (Å²) in [6, 6.07) is 13.5. The van der Waals surface area contributed by atoms with Gasteiger partial charge in [0.05, 0.1) is 23.2 Å². The van der Waals surface area contributed by atoms with Crippen LogP contribution in [0.25, 0.3) is 16.4 Å². The van der Waals surface area contributed by atoms with Crippen molar-refractivity contribution in [2.75, 3.05) is 13.2 Å². The van der Waals surface area contributed by atoms with Crippen molar-refractivity contribution < 1.29 is 27.8 Å². The van der Waals surface area contributed by atoms with Crippen molar-refractivity contribution in [2.45, 2.75) is 6.92 Å². The molecule has 2 aromatic heterocycles. The molecule has 2 heterocycles. The van der Waals surface area contributed by atoms with Crippen LogP contribution in [0, 0.1) is 11.6 Å². The van der Waals surface area contributed by atoms with E-state index >= 15 is 0 Å². The lowest BCUT2D eigenvalue weighted by Gasteiger charge is -2.07. The van der Waals surface area contributed by atoms with Crippen LogP contribution in [0.3, 0.4) is 0 Å². The van der Waals surface area contributed by atoms with Gasteiger partial charge in [-0.25, -0.2) is 13.6 Å². The SMILES string of the molecule is CCOC(=O)c1c2ccc(OCC(=O)c3ccc(F)c(F)c3)cc2n2ccccc12. The van der Waals surface area contributed by atoms with Crippen molar-refractivity contribution in [1.82, 2.24) is 4.40 Å². The number of aromatic nitrogens is 1. The van der Waals surface area contributed by atoms with Crippen LogP contribution in [-0.4, -0.2) is 29.4 Å². The Bertz CT molecular complexity index is 1280. The number of ether oxygens (including phenoxy) is 2. The monoisotopic (exact) mass is 409 g/mol. The number of carbonyl (C=O) groups is 2. The summed E-state index contributed by atoms with van der Waals surface area (Å²) >= 11 is 0. The molecule has 152 valence electrons. The summed E-state index contributed by atoms with van der Waals surface area (Å²) in [5, 5.41) is 0.693. The molecular weight excluding hydrogens is 392 g/mol. The van der Waals surface area contributed by atoms with Crippen molar-refractivity contribution in [3.63, 3.8) is 0 Å². The van der Waals surface area contributed by atoms with Crippen molar-refractivity contribution in [3.05, 3.63) is 83.6 Å². The number of carbonyl (C=O) groups excluding carboxylic acids is 2. The number of ketones is 1. The van der Waals surface area contributed by atoms with Gasteiger partial charge in [0.1, 0.15) is 5.75 Å². The summed E-state index contributed by atoms with van der Waals surface area (Å²) in [4.78, 5) is 24.7. The summed E-state index contributed by atoms with van der Waals surface area (Å²) in [5.41, 5.74) is 1.89. The van der Waals surface area contributed by atoms with Gasteiger partial charge < -0.3 is 13.9 Å². The first-order valence-corrected chi connectivity index (χ1v) is 9.30. The van der Waals surface area contributed by atoms with Crippen LogP contribution >= 0.6 is 0 Å². The number of hydrogen-bond donors (Lipinski definition) is 0. The smallest absolute Gasteiger partial charge is 0.340 e. The highest BCUT2D eigenvalue weighted by molar-refractivity contribution is 6.12. The molecule has 0 aliphatic heterocycles. The Labute approximate surface area is 170 Å². The third-order valence-electron chi connectivity index (χ3n) is 4.71. The zero-order valence-corrected chi connectivity index (χ0v) is 16.0. The van der Waals surface area contributed by atoms with Gasteiger partial charge >= 0.3 is 5.97 Å². The molecule has 0 aliphatic carbocycles. The molecule has 2 aromatic carbocycles. The van der Waals surface area contributed by atoms with Crippen LogP contribution in [0.5, 0.6) is 5.75 Å². The Hall–Kier alpha value is -3.74. The number of pyridine rings is 1. The van der Waals surface area contributed by atoms with E-state index in [-0.39, 0.29) is 18.8 Å². The molecular formula is C23H17F2NO4. The number of benzene rings is 2. The summed E-state index contributed by atoms with van der Waals surface area (Å²) in [6.07, 6.45) is 1.82. The largest absolute Gasteiger partial charge is 0.485 e. The highest BCUT2D eigenvalue weighted by atomic mass is 19.2. The van der Waals surface area contributed by atoms with Crippen LogP contribution < -0.4 is 4.74 Å². The molecule has 4 aromatic rings. The summed E-state index contributed by atoms with van der Waals surface area (Å²) in [5.74, 6) is -2.61. The number of rotatable bonds is 6. The molecule has 7 heteroatoms. The van der Waals surface area contributed by atoms with Gasteiger partial charge in [0.15, 0.2) is 24.0 Å². The van der Waals surface area contributed by atoms with Crippen LogP contribution in [0.4, 0.5) is 8.78 Å². The fraction of sp³-hybridized carbons (Fsp3) is 0.130. The Morgan fingerprint density at radius 1 is 0.967 bits per heavy atom. The molecule has 0 atom stereocenters. The van der Waals surface area contributed by atoms with E-state index in [4.69, 9.17) is 9.47 Å². The molecule has 0 unspecified atom stereocenters. The van der Waals surface area contributed by atoms with Crippen LogP contribution in [-0.2, 0) is 4.74 Å². The van der Waals surface area contributed by atoms with Gasteiger partial charge in [0, 0.05) is 23.2 Å². The maximum atomic E-state index is 13.3. The third kappa shape index (κ3) is 3.50. The van der Waals surface area contributed by atoms with E-state index in [1.165, 1.54) is 6.07 Å². The first-order valence-electron chi connectivity index (χ1n) is 9.30. The van der Waals surface area contributed by atoms with E-state index in [1.54, 1.807) is 25.1 Å². The molecule has 0 saturated heterocycles. The van der Waals surface area contributed by atoms with E-state index < -0.39 is 23.4 Å². The summed E-state index contributed by atoms with van der Waals surface area (Å²) < 4.78 is 39.0. The molecule has 5 nitrogen and oxygen atoms in total. The van der Waals surface area contributed by atoms with Gasteiger partial charge in [-0.2, -0.15) is 0 Å². The van der Waals surface area contributed by atoms with Crippen LogP contribution in [0.15, 0.2) is 60.8 Å². The molecule has 0 saturated carbocycles. The van der Waals surface area contributed by atoms with Gasteiger partial charge in [-0.05, 0) is 49.4 Å². The lowest BCUT2D eigenvalue weighted by molar-refractivity contribution is 0.0530. The Morgan fingerprint density at radius 3 is 2.57 bits per heavy atom. The Morgan fingerprint density at radius 2 is 1.80 bits per heavy atom. The molecule has 0 fully saturated rings. The van der Waals surface area contributed by atoms with E-state index in [2.05, 4.69) is 0 Å². The number of Topliss-reactive ketones (excluding diaryl/α,β-unsaturated/α-hetero) is 1. The van der Waals surface area contributed by atoms with Crippen LogP contribution in [0.2, 0.25) is 0 Å². The predicted octanol–water partition coefficient (Wildman–Crippen LogP) is 4.81. The number of esters is 1. The van der Waals surface area contributed by atoms with Gasteiger partial charge in [-0.3, -0.25) is 4.79 Å². The maximum absolute atomic E-state index is 13.3. The van der Waals surface area contributed by atoms with Crippen LogP contribution in [0.1, 0.15) is 27.6 Å². The topological polar surface area (TPSA) is 57.0 Å². The maximum Gasteiger partial charge on any atom is 0.340 e. The minimum absolute atomic E-state index is 0.0210. The third-order valence-corrected chi connectivity index (χ3v) is 4.71. The summed E-state index contributed by atoms with van der Waals surface area (Å²) in [6.45, 7) is 1.66. The molecule has 0 radical (unpaired) electrons. The number of halogens is 2.